The second-order valence-electron chi connectivity index (χ2n) is 6.16. The molecule has 0 unspecified atom stereocenters. The molecule has 0 spiro atoms. The zero-order valence-corrected chi connectivity index (χ0v) is 12.6. The number of pyridine rings is 1. The highest BCUT2D eigenvalue weighted by Gasteiger charge is 2.36. The summed E-state index contributed by atoms with van der Waals surface area (Å²) in [7, 11) is 0. The number of benzene rings is 1. The molecule has 116 valence electrons. The minimum absolute atomic E-state index is 0.124. The monoisotopic (exact) mass is 301 g/mol. The number of carboxylic acid groups (broad SMARTS) is 1. The van der Waals surface area contributed by atoms with Gasteiger partial charge in [-0.25, -0.2) is 4.98 Å². The first-order chi connectivity index (χ1) is 10.4. The van der Waals surface area contributed by atoms with Gasteiger partial charge in [0.05, 0.1) is 5.92 Å². The van der Waals surface area contributed by atoms with Crippen molar-refractivity contribution in [1.82, 2.24) is 4.98 Å². The number of carboxylic acids is 1. The summed E-state index contributed by atoms with van der Waals surface area (Å²) in [6.07, 6.45) is 0.883. The van der Waals surface area contributed by atoms with Crippen LogP contribution in [0, 0.1) is 5.92 Å². The maximum absolute atomic E-state index is 10.9. The van der Waals surface area contributed by atoms with Gasteiger partial charge in [-0.1, -0.05) is 19.9 Å². The number of hydrogen-bond donors (Lipinski definition) is 2. The van der Waals surface area contributed by atoms with Crippen LogP contribution in [0.1, 0.15) is 38.3 Å². The van der Waals surface area contributed by atoms with Crippen molar-refractivity contribution in [2.75, 3.05) is 0 Å². The molecule has 0 amide bonds. The lowest BCUT2D eigenvalue weighted by atomic mass is 9.82. The molecule has 0 atom stereocenters. The quantitative estimate of drug-likeness (QED) is 0.905. The summed E-state index contributed by atoms with van der Waals surface area (Å²) in [6.45, 7) is 4.12. The Balaban J connectivity index is 1.93. The summed E-state index contributed by atoms with van der Waals surface area (Å²) in [4.78, 5) is 15.4. The number of hydrogen-bond acceptors (Lipinski definition) is 4. The van der Waals surface area contributed by atoms with Gasteiger partial charge in [-0.3, -0.25) is 4.79 Å². The van der Waals surface area contributed by atoms with E-state index in [0.717, 1.165) is 16.5 Å². The minimum atomic E-state index is -0.772. The molecule has 1 aromatic heterocycles. The molecule has 1 fully saturated rings. The maximum atomic E-state index is 10.9. The molecule has 1 aromatic carbocycles. The molecule has 0 aliphatic heterocycles. The Bertz CT molecular complexity index is 720. The third kappa shape index (κ3) is 2.71. The Morgan fingerprint density at radius 2 is 2.05 bits per heavy atom. The number of phenolic OH excluding ortho intramolecular Hbond substituents is 1. The molecule has 2 aromatic rings. The van der Waals surface area contributed by atoms with E-state index in [0.29, 0.717) is 18.7 Å². The second-order valence-corrected chi connectivity index (χ2v) is 6.16. The number of ether oxygens (including phenoxy) is 1. The van der Waals surface area contributed by atoms with Gasteiger partial charge in [-0.15, -0.1) is 0 Å². The normalized spacial score (nSPS) is 20.9. The predicted octanol–water partition coefficient (Wildman–Crippen LogP) is 3.31. The molecule has 0 bridgehead atoms. The number of nitrogens with zero attached hydrogens (tertiary/aromatic N) is 1. The molecule has 0 radical (unpaired) electrons. The van der Waals surface area contributed by atoms with Crippen LogP contribution in [0.3, 0.4) is 0 Å². The van der Waals surface area contributed by atoms with Crippen molar-refractivity contribution >= 4 is 16.7 Å². The Hall–Kier alpha value is -2.30. The van der Waals surface area contributed by atoms with E-state index < -0.39 is 5.97 Å². The van der Waals surface area contributed by atoms with Crippen LogP contribution in [0.5, 0.6) is 11.6 Å². The first kappa shape index (κ1) is 14.6. The molecule has 1 heterocycles. The van der Waals surface area contributed by atoms with E-state index >= 15 is 0 Å². The third-order valence-corrected chi connectivity index (χ3v) is 4.12. The molecule has 1 saturated carbocycles. The fourth-order valence-electron chi connectivity index (χ4n) is 2.63. The van der Waals surface area contributed by atoms with E-state index in [1.54, 1.807) is 12.1 Å². The van der Waals surface area contributed by atoms with E-state index in [-0.39, 0.29) is 23.7 Å². The van der Waals surface area contributed by atoms with Gasteiger partial charge in [-0.05, 0) is 42.3 Å². The molecule has 5 heteroatoms. The first-order valence-corrected chi connectivity index (χ1v) is 7.47. The van der Waals surface area contributed by atoms with Gasteiger partial charge >= 0.3 is 5.97 Å². The molecule has 3 rings (SSSR count). The van der Waals surface area contributed by atoms with Gasteiger partial charge in [0.2, 0.25) is 5.88 Å². The number of rotatable bonds is 4. The third-order valence-electron chi connectivity index (χ3n) is 4.12. The Kier molecular flexibility index (Phi) is 3.64. The Morgan fingerprint density at radius 3 is 2.68 bits per heavy atom. The second kappa shape index (κ2) is 5.48. The van der Waals surface area contributed by atoms with Crippen LogP contribution in [0.2, 0.25) is 0 Å². The molecular weight excluding hydrogens is 282 g/mol. The fourth-order valence-corrected chi connectivity index (χ4v) is 2.63. The van der Waals surface area contributed by atoms with E-state index in [1.807, 2.05) is 12.1 Å². The smallest absolute Gasteiger partial charge is 0.306 e. The lowest BCUT2D eigenvalue weighted by Crippen LogP contribution is -2.38. The van der Waals surface area contributed by atoms with Crippen molar-refractivity contribution in [3.05, 3.63) is 30.0 Å². The minimum Gasteiger partial charge on any atom is -0.508 e. The average molecular weight is 301 g/mol. The number of phenols is 1. The van der Waals surface area contributed by atoms with E-state index in [9.17, 15) is 9.90 Å². The van der Waals surface area contributed by atoms with Crippen LogP contribution < -0.4 is 4.74 Å². The van der Waals surface area contributed by atoms with Gasteiger partial charge in [0, 0.05) is 11.1 Å². The van der Waals surface area contributed by atoms with Crippen molar-refractivity contribution in [3.63, 3.8) is 0 Å². The number of aromatic nitrogens is 1. The van der Waals surface area contributed by atoms with Crippen LogP contribution >= 0.6 is 0 Å². The highest BCUT2D eigenvalue weighted by atomic mass is 16.5. The number of fused-ring (bicyclic) bond motifs is 1. The van der Waals surface area contributed by atoms with E-state index in [1.165, 1.54) is 0 Å². The molecule has 1 aliphatic rings. The molecule has 1 aliphatic carbocycles. The van der Waals surface area contributed by atoms with Crippen molar-refractivity contribution in [3.8, 4) is 11.6 Å². The van der Waals surface area contributed by atoms with E-state index in [4.69, 9.17) is 9.84 Å². The van der Waals surface area contributed by atoms with Gasteiger partial charge in [-0.2, -0.15) is 0 Å². The van der Waals surface area contributed by atoms with E-state index in [2.05, 4.69) is 18.8 Å². The lowest BCUT2D eigenvalue weighted by Gasteiger charge is -2.32. The SMILES string of the molecule is CC(C)c1cc2ccc(O)cc2c(O[C@H]2C[C@H](C(=O)O)C2)n1. The Morgan fingerprint density at radius 1 is 1.32 bits per heavy atom. The molecule has 2 N–H and O–H groups in total. The van der Waals surface area contributed by atoms with Crippen LogP contribution in [-0.4, -0.2) is 27.3 Å². The Labute approximate surface area is 128 Å². The lowest BCUT2D eigenvalue weighted by molar-refractivity contribution is -0.148. The zero-order valence-electron chi connectivity index (χ0n) is 12.6. The van der Waals surface area contributed by atoms with Gasteiger partial charge in [0.1, 0.15) is 11.9 Å². The summed E-state index contributed by atoms with van der Waals surface area (Å²) in [5.41, 5.74) is 0.919. The van der Waals surface area contributed by atoms with Gasteiger partial charge in [0.15, 0.2) is 0 Å². The van der Waals surface area contributed by atoms with Crippen molar-refractivity contribution < 1.29 is 19.7 Å². The van der Waals surface area contributed by atoms with Crippen LogP contribution in [0.4, 0.5) is 0 Å². The topological polar surface area (TPSA) is 79.7 Å². The zero-order chi connectivity index (χ0) is 15.9. The largest absolute Gasteiger partial charge is 0.508 e. The highest BCUT2D eigenvalue weighted by Crippen LogP contribution is 2.35. The summed E-state index contributed by atoms with van der Waals surface area (Å²) in [5, 5.41) is 20.3. The molecular formula is C17H19NO4. The fraction of sp³-hybridized carbons (Fsp3) is 0.412. The van der Waals surface area contributed by atoms with Crippen molar-refractivity contribution in [1.29, 1.82) is 0 Å². The van der Waals surface area contributed by atoms with Crippen LogP contribution in [0.25, 0.3) is 10.8 Å². The summed E-state index contributed by atoms with van der Waals surface area (Å²) in [6, 6.07) is 7.11. The van der Waals surface area contributed by atoms with Gasteiger partial charge < -0.3 is 14.9 Å². The average Bonchev–Trinajstić information content (AvgIpc) is 2.41. The van der Waals surface area contributed by atoms with Crippen LogP contribution in [-0.2, 0) is 4.79 Å². The first-order valence-electron chi connectivity index (χ1n) is 7.47. The molecule has 0 saturated heterocycles. The maximum Gasteiger partial charge on any atom is 0.306 e. The summed E-state index contributed by atoms with van der Waals surface area (Å²) in [5.74, 6) is -0.197. The standard InChI is InChI=1S/C17H19NO4/c1-9(2)15-7-10-3-4-12(19)8-14(10)16(18-15)22-13-5-11(6-13)17(20)21/h3-4,7-9,11,13,19H,5-6H2,1-2H3,(H,20,21)/t11-,13-. The predicted molar refractivity (Wildman–Crippen MR) is 82.3 cm³/mol. The van der Waals surface area contributed by atoms with Gasteiger partial charge in [0.25, 0.3) is 0 Å². The van der Waals surface area contributed by atoms with Crippen LogP contribution in [0.15, 0.2) is 24.3 Å². The number of aromatic hydroxyl groups is 1. The summed E-state index contributed by atoms with van der Waals surface area (Å²) >= 11 is 0. The summed E-state index contributed by atoms with van der Waals surface area (Å²) < 4.78 is 5.90. The molecule has 5 nitrogen and oxygen atoms in total. The van der Waals surface area contributed by atoms with Crippen molar-refractivity contribution in [2.45, 2.75) is 38.7 Å². The number of aliphatic carboxylic acids is 1. The molecule has 22 heavy (non-hydrogen) atoms. The number of carbonyl (C=O) groups is 1. The van der Waals surface area contributed by atoms with Crippen molar-refractivity contribution in [2.24, 2.45) is 5.92 Å². The highest BCUT2D eigenvalue weighted by molar-refractivity contribution is 5.88.